The summed E-state index contributed by atoms with van der Waals surface area (Å²) in [6, 6.07) is 5.68. The number of hydrogen-bond acceptors (Lipinski definition) is 5. The number of ether oxygens (including phenoxy) is 1. The van der Waals surface area contributed by atoms with Crippen LogP contribution < -0.4 is 16.0 Å². The largest absolute Gasteiger partial charge is 0.377 e. The minimum absolute atomic E-state index is 0.0246. The first-order chi connectivity index (χ1) is 9.53. The lowest BCUT2D eigenvalue weighted by Gasteiger charge is -2.11. The van der Waals surface area contributed by atoms with Crippen LogP contribution in [0.5, 0.6) is 0 Å². The van der Waals surface area contributed by atoms with E-state index in [-0.39, 0.29) is 23.1 Å². The first-order valence-electron chi connectivity index (χ1n) is 6.25. The van der Waals surface area contributed by atoms with Crippen molar-refractivity contribution in [2.24, 2.45) is 5.84 Å². The molecule has 1 atom stereocenters. The Bertz CT molecular complexity index is 582. The van der Waals surface area contributed by atoms with Gasteiger partial charge in [-0.15, -0.1) is 0 Å². The van der Waals surface area contributed by atoms with Crippen LogP contribution in [-0.2, 0) is 14.8 Å². The molecule has 2 rings (SSSR count). The Morgan fingerprint density at radius 2 is 2.25 bits per heavy atom. The second-order valence-corrected chi connectivity index (χ2v) is 6.26. The van der Waals surface area contributed by atoms with Crippen LogP contribution in [0.15, 0.2) is 29.2 Å². The van der Waals surface area contributed by atoms with Crippen molar-refractivity contribution in [3.05, 3.63) is 29.8 Å². The zero-order valence-electron chi connectivity index (χ0n) is 10.8. The van der Waals surface area contributed by atoms with Gasteiger partial charge in [-0.25, -0.2) is 19.0 Å². The number of carbonyl (C=O) groups excluding carboxylic acids is 1. The van der Waals surface area contributed by atoms with Crippen molar-refractivity contribution < 1.29 is 17.9 Å². The molecule has 1 amide bonds. The smallest absolute Gasteiger partial charge is 0.265 e. The van der Waals surface area contributed by atoms with Crippen molar-refractivity contribution in [2.45, 2.75) is 23.8 Å². The molecule has 1 aliphatic heterocycles. The maximum atomic E-state index is 12.1. The molecule has 7 nitrogen and oxygen atoms in total. The van der Waals surface area contributed by atoms with Crippen LogP contribution in [0.1, 0.15) is 23.2 Å². The molecule has 1 aliphatic rings. The number of nitrogens with one attached hydrogen (secondary N) is 2. The number of hydrazine groups is 1. The Kier molecular flexibility index (Phi) is 4.71. The molecule has 1 aromatic rings. The quantitative estimate of drug-likeness (QED) is 0.394. The lowest BCUT2D eigenvalue weighted by Crippen LogP contribution is -2.32. The molecule has 0 bridgehead atoms. The van der Waals surface area contributed by atoms with Gasteiger partial charge in [0.2, 0.25) is 10.0 Å². The summed E-state index contributed by atoms with van der Waals surface area (Å²) in [5, 5.41) is 0. The number of amides is 1. The number of sulfonamides is 1. The minimum atomic E-state index is -3.66. The molecule has 0 aliphatic carbocycles. The van der Waals surface area contributed by atoms with Crippen molar-refractivity contribution in [1.29, 1.82) is 0 Å². The van der Waals surface area contributed by atoms with Crippen LogP contribution in [0.3, 0.4) is 0 Å². The Labute approximate surface area is 117 Å². The average molecular weight is 299 g/mol. The maximum Gasteiger partial charge on any atom is 0.265 e. The predicted molar refractivity (Wildman–Crippen MR) is 72.3 cm³/mol. The second kappa shape index (κ2) is 6.31. The Morgan fingerprint density at radius 1 is 1.45 bits per heavy atom. The summed E-state index contributed by atoms with van der Waals surface area (Å²) in [6.07, 6.45) is 1.71. The van der Waals surface area contributed by atoms with E-state index in [0.29, 0.717) is 6.61 Å². The molecular weight excluding hydrogens is 282 g/mol. The molecule has 0 unspecified atom stereocenters. The fourth-order valence-electron chi connectivity index (χ4n) is 1.98. The Hall–Kier alpha value is -1.48. The molecule has 1 saturated heterocycles. The average Bonchev–Trinajstić information content (AvgIpc) is 2.98. The number of benzene rings is 1. The third-order valence-corrected chi connectivity index (χ3v) is 4.48. The van der Waals surface area contributed by atoms with Gasteiger partial charge < -0.3 is 4.74 Å². The summed E-state index contributed by atoms with van der Waals surface area (Å²) in [4.78, 5) is 11.4. The molecule has 0 saturated carbocycles. The fourth-order valence-corrected chi connectivity index (χ4v) is 3.09. The minimum Gasteiger partial charge on any atom is -0.377 e. The van der Waals surface area contributed by atoms with Crippen LogP contribution in [0.25, 0.3) is 0 Å². The van der Waals surface area contributed by atoms with Crippen molar-refractivity contribution >= 4 is 15.9 Å². The fraction of sp³-hybridized carbons (Fsp3) is 0.417. The molecule has 20 heavy (non-hydrogen) atoms. The zero-order chi connectivity index (χ0) is 14.6. The van der Waals surface area contributed by atoms with E-state index in [9.17, 15) is 13.2 Å². The molecule has 0 aromatic heterocycles. The monoisotopic (exact) mass is 299 g/mol. The lowest BCUT2D eigenvalue weighted by atomic mass is 10.2. The van der Waals surface area contributed by atoms with Gasteiger partial charge in [0.25, 0.3) is 5.91 Å². The van der Waals surface area contributed by atoms with Gasteiger partial charge in [0.1, 0.15) is 0 Å². The maximum absolute atomic E-state index is 12.1. The van der Waals surface area contributed by atoms with Crippen molar-refractivity contribution in [3.8, 4) is 0 Å². The summed E-state index contributed by atoms with van der Waals surface area (Å²) < 4.78 is 32.1. The van der Waals surface area contributed by atoms with Gasteiger partial charge >= 0.3 is 0 Å². The second-order valence-electron chi connectivity index (χ2n) is 4.49. The first-order valence-corrected chi connectivity index (χ1v) is 7.73. The van der Waals surface area contributed by atoms with E-state index in [1.165, 1.54) is 24.3 Å². The molecule has 1 fully saturated rings. The van der Waals surface area contributed by atoms with E-state index >= 15 is 0 Å². The van der Waals surface area contributed by atoms with E-state index in [1.807, 2.05) is 5.43 Å². The van der Waals surface area contributed by atoms with E-state index < -0.39 is 15.9 Å². The predicted octanol–water partition coefficient (Wildman–Crippen LogP) is -0.253. The highest BCUT2D eigenvalue weighted by Crippen LogP contribution is 2.14. The zero-order valence-corrected chi connectivity index (χ0v) is 11.7. The molecule has 1 aromatic carbocycles. The van der Waals surface area contributed by atoms with Crippen molar-refractivity contribution in [1.82, 2.24) is 10.1 Å². The van der Waals surface area contributed by atoms with E-state index in [1.54, 1.807) is 0 Å². The lowest BCUT2D eigenvalue weighted by molar-refractivity contribution is 0.0953. The van der Waals surface area contributed by atoms with Gasteiger partial charge in [-0.3, -0.25) is 10.2 Å². The molecule has 1 heterocycles. The van der Waals surface area contributed by atoms with Gasteiger partial charge in [0.05, 0.1) is 11.0 Å². The van der Waals surface area contributed by atoms with Crippen LogP contribution in [0.4, 0.5) is 0 Å². The highest BCUT2D eigenvalue weighted by atomic mass is 32.2. The van der Waals surface area contributed by atoms with E-state index in [4.69, 9.17) is 10.6 Å². The number of carbonyl (C=O) groups is 1. The summed E-state index contributed by atoms with van der Waals surface area (Å²) in [5.41, 5.74) is 2.15. The van der Waals surface area contributed by atoms with Crippen molar-refractivity contribution in [2.75, 3.05) is 13.2 Å². The molecular formula is C12H17N3O4S. The third-order valence-electron chi connectivity index (χ3n) is 3.06. The summed E-state index contributed by atoms with van der Waals surface area (Å²) >= 11 is 0. The topological polar surface area (TPSA) is 111 Å². The molecule has 8 heteroatoms. The van der Waals surface area contributed by atoms with Gasteiger partial charge in [0, 0.05) is 18.7 Å². The van der Waals surface area contributed by atoms with Gasteiger partial charge in [-0.1, -0.05) is 6.07 Å². The van der Waals surface area contributed by atoms with Crippen LogP contribution in [-0.4, -0.2) is 33.6 Å². The molecule has 0 radical (unpaired) electrons. The molecule has 4 N–H and O–H groups in total. The standard InChI is InChI=1S/C12H17N3O4S/c13-15-12(16)9-3-1-5-11(7-9)20(17,18)14-8-10-4-2-6-19-10/h1,3,5,7,10,14H,2,4,6,8,13H2,(H,15,16)/t10-/m1/s1. The van der Waals surface area contributed by atoms with E-state index in [2.05, 4.69) is 4.72 Å². The number of hydrogen-bond donors (Lipinski definition) is 3. The summed E-state index contributed by atoms with van der Waals surface area (Å²) in [5.74, 6) is 4.48. The number of rotatable bonds is 5. The highest BCUT2D eigenvalue weighted by molar-refractivity contribution is 7.89. The number of nitrogen functional groups attached to an aromatic ring is 1. The molecule has 110 valence electrons. The van der Waals surface area contributed by atoms with Crippen LogP contribution in [0, 0.1) is 0 Å². The Balaban J connectivity index is 2.10. The normalized spacial score (nSPS) is 18.9. The first kappa shape index (κ1) is 14.9. The molecule has 0 spiro atoms. The summed E-state index contributed by atoms with van der Waals surface area (Å²) in [6.45, 7) is 0.897. The highest BCUT2D eigenvalue weighted by Gasteiger charge is 2.20. The van der Waals surface area contributed by atoms with Gasteiger partial charge in [-0.05, 0) is 31.0 Å². The van der Waals surface area contributed by atoms with Crippen LogP contribution >= 0.6 is 0 Å². The number of nitrogens with two attached hydrogens (primary N) is 1. The van der Waals surface area contributed by atoms with Crippen molar-refractivity contribution in [3.63, 3.8) is 0 Å². The van der Waals surface area contributed by atoms with Gasteiger partial charge in [0.15, 0.2) is 0 Å². The Morgan fingerprint density at radius 3 is 2.90 bits per heavy atom. The van der Waals surface area contributed by atoms with E-state index in [0.717, 1.165) is 12.8 Å². The van der Waals surface area contributed by atoms with Crippen LogP contribution in [0.2, 0.25) is 0 Å². The third kappa shape index (κ3) is 3.54. The summed E-state index contributed by atoms with van der Waals surface area (Å²) in [7, 11) is -3.66. The SMILES string of the molecule is NNC(=O)c1cccc(S(=O)(=O)NC[C@H]2CCCO2)c1. The van der Waals surface area contributed by atoms with Gasteiger partial charge in [-0.2, -0.15) is 0 Å².